The van der Waals surface area contributed by atoms with Gasteiger partial charge in [0.1, 0.15) is 29.6 Å². The number of para-hydroxylation sites is 1. The Morgan fingerprint density at radius 1 is 1.13 bits per heavy atom. The molecule has 3 N–H and O–H groups in total. The van der Waals surface area contributed by atoms with Crippen LogP contribution in [0.5, 0.6) is 11.5 Å². The maximum atomic E-state index is 14.4. The quantitative estimate of drug-likeness (QED) is 0.118. The fraction of sp³-hybridized carbons (Fsp3) is 0.257. The Hall–Kier alpha value is -4.53. The molecule has 1 aromatic heterocycles. The average Bonchev–Trinajstić information content (AvgIpc) is 3.07. The summed E-state index contributed by atoms with van der Waals surface area (Å²) < 4.78 is 17.8. The lowest BCUT2D eigenvalue weighted by atomic mass is 9.87. The predicted octanol–water partition coefficient (Wildman–Crippen LogP) is 3.79. The monoisotopic (exact) mass is 752 g/mol. The molecule has 0 saturated heterocycles. The number of halogens is 1. The lowest BCUT2D eigenvalue weighted by Gasteiger charge is -2.40. The fourth-order valence-corrected chi connectivity index (χ4v) is 6.19. The first kappa shape index (κ1) is 33.8. The van der Waals surface area contributed by atoms with Gasteiger partial charge in [-0.2, -0.15) is 0 Å². The van der Waals surface area contributed by atoms with Crippen molar-refractivity contribution in [1.82, 2.24) is 10.2 Å². The summed E-state index contributed by atoms with van der Waals surface area (Å²) in [7, 11) is 1.41. The fourth-order valence-electron chi connectivity index (χ4n) is 5.43. The number of amides is 2. The van der Waals surface area contributed by atoms with Crippen molar-refractivity contribution in [3.05, 3.63) is 115 Å². The minimum absolute atomic E-state index is 0.0136. The minimum atomic E-state index is -1.39. The van der Waals surface area contributed by atoms with Crippen molar-refractivity contribution in [2.45, 2.75) is 38.1 Å². The number of aldehydes is 1. The molecule has 3 aromatic carbocycles. The zero-order valence-electron chi connectivity index (χ0n) is 25.6. The third-order valence-corrected chi connectivity index (χ3v) is 8.66. The maximum Gasteiger partial charge on any atom is 0.349 e. The highest BCUT2D eigenvalue weighted by Gasteiger charge is 2.42. The standard InChI is InChI=1S/C35H33IN2O9/c1-20-7-9-21(10-8-20)18-38(34(43)25-15-23-5-3-4-6-28(23)47-35(25)44)27-16-24(33(42)37-11-12-39)17-29(31(27)41)46-32-26(36)13-22(19-40)14-30(32)45-2/h3-10,13-15,17,19,27,29,31,39,41H,11-12,16,18H2,1-2H3,(H,37,42)/t27-,29+,31+/m1/s1. The topological polar surface area (TPSA) is 156 Å². The number of ether oxygens (including phenoxy) is 2. The summed E-state index contributed by atoms with van der Waals surface area (Å²) in [6.45, 7) is 1.61. The average molecular weight is 753 g/mol. The van der Waals surface area contributed by atoms with Gasteiger partial charge in [0.05, 0.1) is 23.3 Å². The Kier molecular flexibility index (Phi) is 10.7. The molecular weight excluding hydrogens is 719 g/mol. The van der Waals surface area contributed by atoms with E-state index in [-0.39, 0.29) is 48.8 Å². The first-order valence-corrected chi connectivity index (χ1v) is 15.9. The maximum absolute atomic E-state index is 14.4. The number of aliphatic hydroxyl groups excluding tert-OH is 2. The summed E-state index contributed by atoms with van der Waals surface area (Å²) in [4.78, 5) is 53.6. The summed E-state index contributed by atoms with van der Waals surface area (Å²) in [5, 5.41) is 24.4. The van der Waals surface area contributed by atoms with Gasteiger partial charge in [-0.05, 0) is 65.4 Å². The highest BCUT2D eigenvalue weighted by molar-refractivity contribution is 14.1. The van der Waals surface area contributed by atoms with Crippen LogP contribution in [0, 0.1) is 10.5 Å². The van der Waals surface area contributed by atoms with E-state index in [1.807, 2.05) is 53.8 Å². The highest BCUT2D eigenvalue weighted by atomic mass is 127. The van der Waals surface area contributed by atoms with E-state index in [0.717, 1.165) is 11.1 Å². The SMILES string of the molecule is COc1cc(C=O)cc(I)c1O[C@H]1C=C(C(=O)NCCO)C[C@@H](N(Cc2ccc(C)cc2)C(=O)c2cc3ccccc3oc2=O)[C@@H]1O. The van der Waals surface area contributed by atoms with Crippen LogP contribution < -0.4 is 20.4 Å². The Balaban J connectivity index is 1.60. The van der Waals surface area contributed by atoms with Crippen molar-refractivity contribution in [2.24, 2.45) is 0 Å². The van der Waals surface area contributed by atoms with Crippen LogP contribution in [-0.4, -0.2) is 71.7 Å². The molecule has 0 radical (unpaired) electrons. The van der Waals surface area contributed by atoms with E-state index in [1.165, 1.54) is 30.2 Å². The minimum Gasteiger partial charge on any atom is -0.493 e. The van der Waals surface area contributed by atoms with E-state index < -0.39 is 35.7 Å². The van der Waals surface area contributed by atoms with Gasteiger partial charge in [0.25, 0.3) is 5.91 Å². The van der Waals surface area contributed by atoms with Gasteiger partial charge in [0.15, 0.2) is 11.5 Å². The Bertz CT molecular complexity index is 1890. The van der Waals surface area contributed by atoms with Gasteiger partial charge in [-0.1, -0.05) is 48.0 Å². The summed E-state index contributed by atoms with van der Waals surface area (Å²) in [6.07, 6.45) is -0.517. The molecule has 3 atom stereocenters. The Morgan fingerprint density at radius 3 is 2.57 bits per heavy atom. The lowest BCUT2D eigenvalue weighted by Crippen LogP contribution is -2.55. The van der Waals surface area contributed by atoms with E-state index in [0.29, 0.717) is 26.4 Å². The number of hydrogen-bond donors (Lipinski definition) is 3. The molecule has 0 unspecified atom stereocenters. The number of carbonyl (C=O) groups is 3. The lowest BCUT2D eigenvalue weighted by molar-refractivity contribution is -0.118. The van der Waals surface area contributed by atoms with Crippen molar-refractivity contribution >= 4 is 51.7 Å². The smallest absolute Gasteiger partial charge is 0.349 e. The number of fused-ring (bicyclic) bond motifs is 1. The zero-order chi connectivity index (χ0) is 33.7. The number of rotatable bonds is 11. The summed E-state index contributed by atoms with van der Waals surface area (Å²) >= 11 is 1.98. The molecule has 1 aliphatic rings. The van der Waals surface area contributed by atoms with Gasteiger partial charge >= 0.3 is 5.63 Å². The van der Waals surface area contributed by atoms with Crippen molar-refractivity contribution in [3.63, 3.8) is 0 Å². The third-order valence-electron chi connectivity index (χ3n) is 7.86. The van der Waals surface area contributed by atoms with Crippen molar-refractivity contribution < 1.29 is 38.5 Å². The van der Waals surface area contributed by atoms with Crippen molar-refractivity contribution in [3.8, 4) is 11.5 Å². The van der Waals surface area contributed by atoms with E-state index in [1.54, 1.807) is 30.3 Å². The number of aryl methyl sites for hydroxylation is 1. The zero-order valence-corrected chi connectivity index (χ0v) is 27.8. The molecule has 12 heteroatoms. The number of aliphatic hydroxyl groups is 2. The number of benzene rings is 3. The van der Waals surface area contributed by atoms with E-state index in [4.69, 9.17) is 13.9 Å². The van der Waals surface area contributed by atoms with Crippen LogP contribution in [0.2, 0.25) is 0 Å². The van der Waals surface area contributed by atoms with Gasteiger partial charge in [-0.3, -0.25) is 14.4 Å². The number of hydrogen-bond acceptors (Lipinski definition) is 9. The van der Waals surface area contributed by atoms with E-state index in [9.17, 15) is 29.4 Å². The van der Waals surface area contributed by atoms with Crippen LogP contribution >= 0.6 is 22.6 Å². The van der Waals surface area contributed by atoms with Gasteiger partial charge in [-0.25, -0.2) is 4.79 Å². The summed E-state index contributed by atoms with van der Waals surface area (Å²) in [6, 6.07) is 17.7. The van der Waals surface area contributed by atoms with Crippen molar-refractivity contribution in [1.29, 1.82) is 0 Å². The second-order valence-corrected chi connectivity index (χ2v) is 12.2. The van der Waals surface area contributed by atoms with E-state index in [2.05, 4.69) is 5.32 Å². The molecule has 0 saturated carbocycles. The predicted molar refractivity (Wildman–Crippen MR) is 182 cm³/mol. The summed E-state index contributed by atoms with van der Waals surface area (Å²) in [5.74, 6) is -0.765. The van der Waals surface area contributed by atoms with Gasteiger partial charge in [0.2, 0.25) is 5.91 Å². The molecule has 2 amide bonds. The first-order valence-electron chi connectivity index (χ1n) is 14.8. The van der Waals surface area contributed by atoms with Gasteiger partial charge in [0, 0.05) is 36.0 Å². The second kappa shape index (κ2) is 14.9. The molecule has 5 rings (SSSR count). The second-order valence-electron chi connectivity index (χ2n) is 11.1. The van der Waals surface area contributed by atoms with Gasteiger partial charge in [-0.15, -0.1) is 0 Å². The molecule has 1 heterocycles. The van der Waals surface area contributed by atoms with E-state index >= 15 is 0 Å². The van der Waals surface area contributed by atoms with Crippen LogP contribution in [0.4, 0.5) is 0 Å². The molecule has 244 valence electrons. The molecule has 1 aliphatic carbocycles. The molecule has 4 aromatic rings. The molecular formula is C35H33IN2O9. The number of carbonyl (C=O) groups excluding carboxylic acids is 3. The first-order chi connectivity index (χ1) is 22.6. The van der Waals surface area contributed by atoms with Crippen molar-refractivity contribution in [2.75, 3.05) is 20.3 Å². The number of nitrogens with zero attached hydrogens (tertiary/aromatic N) is 1. The molecule has 0 fully saturated rings. The molecule has 0 bridgehead atoms. The molecule has 47 heavy (non-hydrogen) atoms. The van der Waals surface area contributed by atoms with Crippen LogP contribution in [0.15, 0.2) is 87.6 Å². The molecule has 11 nitrogen and oxygen atoms in total. The highest BCUT2D eigenvalue weighted by Crippen LogP contribution is 2.37. The number of methoxy groups -OCH3 is 1. The van der Waals surface area contributed by atoms with Crippen LogP contribution in [0.25, 0.3) is 11.0 Å². The van der Waals surface area contributed by atoms with Gasteiger partial charge < -0.3 is 34.3 Å². The third kappa shape index (κ3) is 7.56. The van der Waals surface area contributed by atoms with Crippen LogP contribution in [0.1, 0.15) is 38.3 Å². The van der Waals surface area contributed by atoms with Crippen LogP contribution in [0.3, 0.4) is 0 Å². The normalized spacial score (nSPS) is 17.5. The number of nitrogens with one attached hydrogen (secondary N) is 1. The largest absolute Gasteiger partial charge is 0.493 e. The molecule has 0 aliphatic heterocycles. The van der Waals surface area contributed by atoms with Crippen LogP contribution in [-0.2, 0) is 11.3 Å². The summed E-state index contributed by atoms with van der Waals surface area (Å²) in [5.41, 5.74) is 1.52. The Morgan fingerprint density at radius 2 is 1.87 bits per heavy atom. The molecule has 0 spiro atoms. The Labute approximate surface area is 283 Å².